The zero-order chi connectivity index (χ0) is 19.4. The lowest BCUT2D eigenvalue weighted by atomic mass is 9.90. The smallest absolute Gasteiger partial charge is 0.0786 e. The van der Waals surface area contributed by atoms with Crippen LogP contribution in [0.5, 0.6) is 0 Å². The van der Waals surface area contributed by atoms with E-state index in [0.29, 0.717) is 0 Å². The Morgan fingerprint density at radius 3 is 1.75 bits per heavy atom. The quantitative estimate of drug-likeness (QED) is 0.283. The maximum atomic E-state index is 4.86. The summed E-state index contributed by atoms with van der Waals surface area (Å²) in [6.45, 7) is 8.64. The molecule has 4 aromatic carbocycles. The number of aromatic nitrogens is 1. The lowest BCUT2D eigenvalue weighted by Crippen LogP contribution is -1.92. The predicted octanol–water partition coefficient (Wildman–Crippen LogP) is 7.44. The van der Waals surface area contributed by atoms with Gasteiger partial charge in [0.15, 0.2) is 0 Å². The van der Waals surface area contributed by atoms with Gasteiger partial charge in [0.25, 0.3) is 0 Å². The number of fused-ring (bicyclic) bond motifs is 6. The molecule has 0 atom stereocenters. The second-order valence-corrected chi connectivity index (χ2v) is 8.06. The van der Waals surface area contributed by atoms with Crippen molar-refractivity contribution in [2.24, 2.45) is 0 Å². The zero-order valence-electron chi connectivity index (χ0n) is 16.8. The highest BCUT2D eigenvalue weighted by Crippen LogP contribution is 2.40. The highest BCUT2D eigenvalue weighted by Gasteiger charge is 2.14. The molecule has 0 aliphatic heterocycles. The van der Waals surface area contributed by atoms with E-state index >= 15 is 0 Å². The summed E-state index contributed by atoms with van der Waals surface area (Å²) < 4.78 is 0. The number of hydrogen-bond acceptors (Lipinski definition) is 1. The Bertz CT molecular complexity index is 1370. The summed E-state index contributed by atoms with van der Waals surface area (Å²) in [5, 5.41) is 7.73. The summed E-state index contributed by atoms with van der Waals surface area (Å²) in [7, 11) is 0. The number of benzene rings is 4. The van der Waals surface area contributed by atoms with Gasteiger partial charge in [0.2, 0.25) is 0 Å². The van der Waals surface area contributed by atoms with E-state index in [0.717, 1.165) is 5.69 Å². The Morgan fingerprint density at radius 1 is 0.500 bits per heavy atom. The van der Waals surface area contributed by atoms with Gasteiger partial charge >= 0.3 is 0 Å². The normalized spacial score (nSPS) is 11.6. The van der Waals surface area contributed by atoms with Crippen LogP contribution < -0.4 is 0 Å². The highest BCUT2D eigenvalue weighted by molar-refractivity contribution is 6.28. The molecular weight excluding hydrogens is 338 g/mol. The van der Waals surface area contributed by atoms with Gasteiger partial charge in [-0.15, -0.1) is 0 Å². The van der Waals surface area contributed by atoms with E-state index in [-0.39, 0.29) is 0 Å². The summed E-state index contributed by atoms with van der Waals surface area (Å²) in [4.78, 5) is 4.86. The molecule has 0 unspecified atom stereocenters. The van der Waals surface area contributed by atoms with E-state index in [9.17, 15) is 0 Å². The van der Waals surface area contributed by atoms with Gasteiger partial charge in [0, 0.05) is 17.1 Å². The maximum absolute atomic E-state index is 4.86. The molecule has 1 nitrogen and oxygen atoms in total. The van der Waals surface area contributed by atoms with Crippen molar-refractivity contribution >= 4 is 32.3 Å². The zero-order valence-corrected chi connectivity index (χ0v) is 16.8. The molecule has 0 amide bonds. The third kappa shape index (κ3) is 2.58. The number of nitrogens with zero attached hydrogens (tertiary/aromatic N) is 1. The Labute approximate surface area is 165 Å². The summed E-state index contributed by atoms with van der Waals surface area (Å²) in [6.07, 6.45) is 1.95. The van der Waals surface area contributed by atoms with Gasteiger partial charge in [-0.05, 0) is 72.8 Å². The summed E-state index contributed by atoms with van der Waals surface area (Å²) in [6, 6.07) is 22.4. The molecule has 1 aromatic heterocycles. The molecule has 0 spiro atoms. The predicted molar refractivity (Wildman–Crippen MR) is 121 cm³/mol. The van der Waals surface area contributed by atoms with Crippen LogP contribution in [0.1, 0.15) is 22.3 Å². The minimum absolute atomic E-state index is 1.07. The molecule has 5 rings (SSSR count). The van der Waals surface area contributed by atoms with Gasteiger partial charge in [0.1, 0.15) is 0 Å². The van der Waals surface area contributed by atoms with E-state index in [1.165, 1.54) is 60.1 Å². The molecule has 0 aliphatic carbocycles. The van der Waals surface area contributed by atoms with E-state index in [2.05, 4.69) is 88.4 Å². The average molecular weight is 361 g/mol. The second-order valence-electron chi connectivity index (χ2n) is 8.06. The first kappa shape index (κ1) is 16.9. The monoisotopic (exact) mass is 361 g/mol. The van der Waals surface area contributed by atoms with Crippen LogP contribution in [0.25, 0.3) is 43.6 Å². The van der Waals surface area contributed by atoms with Crippen LogP contribution in [0.3, 0.4) is 0 Å². The molecule has 0 saturated carbocycles. The number of aryl methyl sites for hydroxylation is 4. The lowest BCUT2D eigenvalue weighted by Gasteiger charge is -2.15. The minimum Gasteiger partial charge on any atom is -0.256 e. The third-order valence-corrected chi connectivity index (χ3v) is 5.65. The van der Waals surface area contributed by atoms with E-state index in [4.69, 9.17) is 4.98 Å². The van der Waals surface area contributed by atoms with Crippen molar-refractivity contribution in [1.29, 1.82) is 0 Å². The summed E-state index contributed by atoms with van der Waals surface area (Å²) in [5.41, 5.74) is 7.37. The van der Waals surface area contributed by atoms with Gasteiger partial charge in [-0.25, -0.2) is 0 Å². The Morgan fingerprint density at radius 2 is 1.07 bits per heavy atom. The molecule has 5 aromatic rings. The Balaban J connectivity index is 2.04. The van der Waals surface area contributed by atoms with E-state index in [1.807, 2.05) is 6.20 Å². The van der Waals surface area contributed by atoms with Crippen LogP contribution in [-0.2, 0) is 0 Å². The van der Waals surface area contributed by atoms with Crippen LogP contribution in [-0.4, -0.2) is 4.98 Å². The Hall–Kier alpha value is -3.19. The molecule has 28 heavy (non-hydrogen) atoms. The molecule has 0 bridgehead atoms. The van der Waals surface area contributed by atoms with E-state index < -0.39 is 0 Å². The van der Waals surface area contributed by atoms with Crippen molar-refractivity contribution in [2.75, 3.05) is 0 Å². The molecule has 0 saturated heterocycles. The van der Waals surface area contributed by atoms with Crippen molar-refractivity contribution < 1.29 is 0 Å². The summed E-state index contributed by atoms with van der Waals surface area (Å²) in [5.74, 6) is 0. The molecule has 136 valence electrons. The van der Waals surface area contributed by atoms with Gasteiger partial charge in [-0.2, -0.15) is 0 Å². The molecule has 1 heterocycles. The van der Waals surface area contributed by atoms with Crippen molar-refractivity contribution in [3.8, 4) is 11.3 Å². The molecule has 0 N–H and O–H groups in total. The summed E-state index contributed by atoms with van der Waals surface area (Å²) >= 11 is 0. The van der Waals surface area contributed by atoms with Crippen LogP contribution in [0.15, 0.2) is 66.9 Å². The second kappa shape index (κ2) is 6.17. The van der Waals surface area contributed by atoms with Crippen molar-refractivity contribution in [3.63, 3.8) is 0 Å². The maximum Gasteiger partial charge on any atom is 0.0786 e. The first-order chi connectivity index (χ1) is 13.5. The molecule has 1 heteroatoms. The number of hydrogen-bond donors (Lipinski definition) is 0. The van der Waals surface area contributed by atoms with Crippen LogP contribution in [0.4, 0.5) is 0 Å². The van der Waals surface area contributed by atoms with Crippen molar-refractivity contribution in [1.82, 2.24) is 4.98 Å². The van der Waals surface area contributed by atoms with Crippen molar-refractivity contribution in [3.05, 3.63) is 89.1 Å². The topological polar surface area (TPSA) is 12.9 Å². The lowest BCUT2D eigenvalue weighted by molar-refractivity contribution is 1.33. The van der Waals surface area contributed by atoms with Gasteiger partial charge in [0.05, 0.1) is 5.69 Å². The van der Waals surface area contributed by atoms with Gasteiger partial charge in [-0.3, -0.25) is 4.98 Å². The number of pyridine rings is 1. The van der Waals surface area contributed by atoms with Crippen molar-refractivity contribution in [2.45, 2.75) is 27.7 Å². The van der Waals surface area contributed by atoms with Crippen LogP contribution in [0, 0.1) is 27.7 Å². The third-order valence-electron chi connectivity index (χ3n) is 5.65. The van der Waals surface area contributed by atoms with Gasteiger partial charge in [-0.1, -0.05) is 64.7 Å². The molecular formula is C27H23N. The van der Waals surface area contributed by atoms with Crippen LogP contribution >= 0.6 is 0 Å². The SMILES string of the molecule is Cc1cc(C)cc(-c2nccc3c4ccc(C)cc4c4cc(C)ccc4c23)c1. The number of rotatable bonds is 1. The fourth-order valence-electron chi connectivity index (χ4n) is 4.50. The first-order valence-electron chi connectivity index (χ1n) is 9.81. The Kier molecular flexibility index (Phi) is 3.73. The molecule has 0 fully saturated rings. The molecule has 0 aliphatic rings. The standard InChI is InChI=1S/C27H23N/c1-16-5-7-21-23-9-10-28-27(20-12-18(3)11-19(4)13-20)26(23)22-8-6-17(2)15-25(22)24(21)14-16/h5-15H,1-4H3. The molecule has 0 radical (unpaired) electrons. The van der Waals surface area contributed by atoms with Crippen LogP contribution in [0.2, 0.25) is 0 Å². The minimum atomic E-state index is 1.07. The first-order valence-corrected chi connectivity index (χ1v) is 9.81. The fraction of sp³-hybridized carbons (Fsp3) is 0.148. The van der Waals surface area contributed by atoms with Gasteiger partial charge < -0.3 is 0 Å². The largest absolute Gasteiger partial charge is 0.256 e. The average Bonchev–Trinajstić information content (AvgIpc) is 2.66. The van der Waals surface area contributed by atoms with E-state index in [1.54, 1.807) is 0 Å². The highest BCUT2D eigenvalue weighted by atomic mass is 14.7. The fourth-order valence-corrected chi connectivity index (χ4v) is 4.50.